The molecule has 2 aromatic rings. The summed E-state index contributed by atoms with van der Waals surface area (Å²) in [5, 5.41) is 7.62. The minimum Gasteiger partial charge on any atom is -0.449 e. The van der Waals surface area contributed by atoms with E-state index in [9.17, 15) is 0 Å². The van der Waals surface area contributed by atoms with Crippen molar-refractivity contribution in [3.05, 3.63) is 36.2 Å². The number of ether oxygens (including phenoxy) is 2. The molecule has 0 aliphatic carbocycles. The lowest BCUT2D eigenvalue weighted by Crippen LogP contribution is -2.29. The first kappa shape index (κ1) is 12.8. The van der Waals surface area contributed by atoms with Gasteiger partial charge in [0.2, 0.25) is 5.79 Å². The maximum Gasteiger partial charge on any atom is 0.246 e. The first-order valence-corrected chi connectivity index (χ1v) is 6.83. The van der Waals surface area contributed by atoms with Crippen LogP contribution >= 0.6 is 0 Å². The van der Waals surface area contributed by atoms with Gasteiger partial charge < -0.3 is 14.8 Å². The Balaban J connectivity index is 1.67. The van der Waals surface area contributed by atoms with E-state index in [1.165, 1.54) is 0 Å². The Labute approximate surface area is 118 Å². The van der Waals surface area contributed by atoms with Crippen molar-refractivity contribution >= 4 is 5.69 Å². The standard InChI is InChI=1S/C15H19N3O2/c1-4-18-10-11(9-17-18)8-16-12-5-6-13-14(7-12)20-15(2,3)19-13/h5-7,9-10,16H,4,8H2,1-3H3. The molecule has 0 bridgehead atoms. The number of nitrogens with zero attached hydrogens (tertiary/aromatic N) is 2. The van der Waals surface area contributed by atoms with Gasteiger partial charge in [0.15, 0.2) is 11.5 Å². The lowest BCUT2D eigenvalue weighted by Gasteiger charge is -2.16. The summed E-state index contributed by atoms with van der Waals surface area (Å²) in [6.07, 6.45) is 3.93. The van der Waals surface area contributed by atoms with Crippen molar-refractivity contribution in [3.8, 4) is 11.5 Å². The highest BCUT2D eigenvalue weighted by Gasteiger charge is 2.31. The third-order valence-corrected chi connectivity index (χ3v) is 3.16. The summed E-state index contributed by atoms with van der Waals surface area (Å²) in [6, 6.07) is 5.89. The molecule has 1 N–H and O–H groups in total. The van der Waals surface area contributed by atoms with Crippen LogP contribution in [0.5, 0.6) is 11.5 Å². The van der Waals surface area contributed by atoms with Crippen LogP contribution in [0.3, 0.4) is 0 Å². The second-order valence-electron chi connectivity index (χ2n) is 5.32. The molecule has 3 rings (SSSR count). The molecule has 1 aromatic carbocycles. The fourth-order valence-electron chi connectivity index (χ4n) is 2.21. The van der Waals surface area contributed by atoms with Crippen LogP contribution in [0.15, 0.2) is 30.6 Å². The summed E-state index contributed by atoms with van der Waals surface area (Å²) in [5.41, 5.74) is 2.17. The second-order valence-corrected chi connectivity index (χ2v) is 5.32. The van der Waals surface area contributed by atoms with Crippen molar-refractivity contribution in [1.29, 1.82) is 0 Å². The zero-order valence-corrected chi connectivity index (χ0v) is 12.0. The Kier molecular flexibility index (Phi) is 3.04. The van der Waals surface area contributed by atoms with Gasteiger partial charge in [0.1, 0.15) is 0 Å². The first-order chi connectivity index (χ1) is 9.55. The Morgan fingerprint density at radius 3 is 2.80 bits per heavy atom. The predicted molar refractivity (Wildman–Crippen MR) is 77.0 cm³/mol. The molecule has 0 fully saturated rings. The molecule has 0 radical (unpaired) electrons. The van der Waals surface area contributed by atoms with Gasteiger partial charge in [0, 0.05) is 50.5 Å². The second kappa shape index (κ2) is 4.74. The number of hydrogen-bond donors (Lipinski definition) is 1. The molecule has 0 spiro atoms. The number of rotatable bonds is 4. The van der Waals surface area contributed by atoms with E-state index in [1.807, 2.05) is 49.1 Å². The zero-order valence-electron chi connectivity index (χ0n) is 12.0. The monoisotopic (exact) mass is 273 g/mol. The molecule has 2 heterocycles. The summed E-state index contributed by atoms with van der Waals surface area (Å²) in [5.74, 6) is 0.993. The van der Waals surface area contributed by atoms with Crippen molar-refractivity contribution in [2.75, 3.05) is 5.32 Å². The molecular weight excluding hydrogens is 254 g/mol. The van der Waals surface area contributed by atoms with Crippen LogP contribution in [0.25, 0.3) is 0 Å². The molecule has 5 nitrogen and oxygen atoms in total. The van der Waals surface area contributed by atoms with Crippen molar-refractivity contribution in [1.82, 2.24) is 9.78 Å². The molecule has 0 saturated heterocycles. The first-order valence-electron chi connectivity index (χ1n) is 6.83. The Morgan fingerprint density at radius 1 is 1.25 bits per heavy atom. The van der Waals surface area contributed by atoms with E-state index >= 15 is 0 Å². The Morgan fingerprint density at radius 2 is 2.05 bits per heavy atom. The van der Waals surface area contributed by atoms with Gasteiger partial charge in [-0.3, -0.25) is 4.68 Å². The number of nitrogens with one attached hydrogen (secondary N) is 1. The van der Waals surface area contributed by atoms with E-state index in [1.54, 1.807) is 0 Å². The van der Waals surface area contributed by atoms with Gasteiger partial charge in [-0.2, -0.15) is 5.10 Å². The van der Waals surface area contributed by atoms with Gasteiger partial charge in [-0.25, -0.2) is 0 Å². The van der Waals surface area contributed by atoms with Crippen LogP contribution < -0.4 is 14.8 Å². The normalized spacial score (nSPS) is 15.3. The van der Waals surface area contributed by atoms with E-state index in [0.29, 0.717) is 0 Å². The number of aryl methyl sites for hydroxylation is 1. The lowest BCUT2D eigenvalue weighted by atomic mass is 10.2. The molecule has 5 heteroatoms. The summed E-state index contributed by atoms with van der Waals surface area (Å²) in [4.78, 5) is 0. The van der Waals surface area contributed by atoms with Crippen LogP contribution in [0.1, 0.15) is 26.3 Å². The summed E-state index contributed by atoms with van der Waals surface area (Å²) in [6.45, 7) is 7.50. The smallest absolute Gasteiger partial charge is 0.246 e. The van der Waals surface area contributed by atoms with Gasteiger partial charge in [-0.1, -0.05) is 0 Å². The van der Waals surface area contributed by atoms with Gasteiger partial charge in [-0.05, 0) is 19.1 Å². The number of fused-ring (bicyclic) bond motifs is 1. The fraction of sp³-hybridized carbons (Fsp3) is 0.400. The minimum absolute atomic E-state index is 0.580. The number of hydrogen-bond acceptors (Lipinski definition) is 4. The van der Waals surface area contributed by atoms with Crippen molar-refractivity contribution in [3.63, 3.8) is 0 Å². The minimum atomic E-state index is -0.580. The van der Waals surface area contributed by atoms with Gasteiger partial charge in [0.05, 0.1) is 6.20 Å². The van der Waals surface area contributed by atoms with Crippen LogP contribution in [0.4, 0.5) is 5.69 Å². The molecular formula is C15H19N3O2. The van der Waals surface area contributed by atoms with Gasteiger partial charge >= 0.3 is 0 Å². The van der Waals surface area contributed by atoms with Crippen molar-refractivity contribution in [2.24, 2.45) is 0 Å². The summed E-state index contributed by atoms with van der Waals surface area (Å²) in [7, 11) is 0. The molecule has 0 unspecified atom stereocenters. The van der Waals surface area contributed by atoms with E-state index < -0.39 is 5.79 Å². The SMILES string of the molecule is CCn1cc(CNc2ccc3c(c2)OC(C)(C)O3)cn1. The average Bonchev–Trinajstić information content (AvgIpc) is 2.97. The highest BCUT2D eigenvalue weighted by Crippen LogP contribution is 2.40. The Hall–Kier alpha value is -2.17. The average molecular weight is 273 g/mol. The van der Waals surface area contributed by atoms with E-state index in [0.717, 1.165) is 35.8 Å². The fourth-order valence-corrected chi connectivity index (χ4v) is 2.21. The maximum atomic E-state index is 5.73. The van der Waals surface area contributed by atoms with Crippen LogP contribution in [-0.4, -0.2) is 15.6 Å². The molecule has 0 amide bonds. The highest BCUT2D eigenvalue weighted by atomic mass is 16.7. The number of anilines is 1. The number of aromatic nitrogens is 2. The van der Waals surface area contributed by atoms with Gasteiger partial charge in [-0.15, -0.1) is 0 Å². The third-order valence-electron chi connectivity index (χ3n) is 3.16. The predicted octanol–water partition coefficient (Wildman–Crippen LogP) is 3.02. The number of benzene rings is 1. The molecule has 1 aliphatic rings. The quantitative estimate of drug-likeness (QED) is 0.930. The van der Waals surface area contributed by atoms with Gasteiger partial charge in [0.25, 0.3) is 0 Å². The van der Waals surface area contributed by atoms with E-state index in [2.05, 4.69) is 17.3 Å². The maximum absolute atomic E-state index is 5.73. The molecule has 1 aromatic heterocycles. The summed E-state index contributed by atoms with van der Waals surface area (Å²) < 4.78 is 13.3. The molecule has 106 valence electrons. The highest BCUT2D eigenvalue weighted by molar-refractivity contribution is 5.56. The zero-order chi connectivity index (χ0) is 14.2. The van der Waals surface area contributed by atoms with Crippen molar-refractivity contribution in [2.45, 2.75) is 39.6 Å². The van der Waals surface area contributed by atoms with Crippen LogP contribution in [0.2, 0.25) is 0 Å². The van der Waals surface area contributed by atoms with Crippen LogP contribution in [0, 0.1) is 0 Å². The van der Waals surface area contributed by atoms with E-state index in [-0.39, 0.29) is 0 Å². The topological polar surface area (TPSA) is 48.3 Å². The largest absolute Gasteiger partial charge is 0.449 e. The molecule has 1 aliphatic heterocycles. The van der Waals surface area contributed by atoms with Crippen LogP contribution in [-0.2, 0) is 13.1 Å². The molecule has 20 heavy (non-hydrogen) atoms. The third kappa shape index (κ3) is 2.57. The lowest BCUT2D eigenvalue weighted by molar-refractivity contribution is -0.0431. The molecule has 0 saturated carbocycles. The Bertz CT molecular complexity index is 619. The van der Waals surface area contributed by atoms with Crippen molar-refractivity contribution < 1.29 is 9.47 Å². The summed E-state index contributed by atoms with van der Waals surface area (Å²) >= 11 is 0. The molecule has 0 atom stereocenters. The van der Waals surface area contributed by atoms with E-state index in [4.69, 9.17) is 9.47 Å².